The SMILES string of the molecule is CC1(C)Cc2ccc(Cl)cc2C(CC(=O)C2CCCCCC2)=N1. The zero-order valence-corrected chi connectivity index (χ0v) is 15.0. The van der Waals surface area contributed by atoms with Crippen molar-refractivity contribution < 1.29 is 4.79 Å². The summed E-state index contributed by atoms with van der Waals surface area (Å²) in [5.74, 6) is 0.599. The molecule has 0 saturated heterocycles. The number of rotatable bonds is 3. The van der Waals surface area contributed by atoms with E-state index in [0.29, 0.717) is 12.2 Å². The molecule has 0 N–H and O–H groups in total. The fraction of sp³-hybridized carbons (Fsp3) is 0.600. The normalized spacial score (nSPS) is 21.3. The van der Waals surface area contributed by atoms with Crippen LogP contribution in [-0.4, -0.2) is 17.0 Å². The molecule has 2 nitrogen and oxygen atoms in total. The first-order chi connectivity index (χ1) is 10.9. The van der Waals surface area contributed by atoms with Gasteiger partial charge in [-0.05, 0) is 50.8 Å². The number of carbonyl (C=O) groups excluding carboxylic acids is 1. The Labute approximate surface area is 144 Å². The number of carbonyl (C=O) groups is 1. The Bertz CT molecular complexity index is 625. The summed E-state index contributed by atoms with van der Waals surface area (Å²) in [6.07, 6.45) is 8.40. The van der Waals surface area contributed by atoms with Crippen molar-refractivity contribution in [2.24, 2.45) is 10.9 Å². The van der Waals surface area contributed by atoms with Crippen LogP contribution in [0.5, 0.6) is 0 Å². The van der Waals surface area contributed by atoms with E-state index in [-0.39, 0.29) is 11.5 Å². The zero-order valence-electron chi connectivity index (χ0n) is 14.2. The number of hydrogen-bond donors (Lipinski definition) is 0. The molecule has 1 aromatic carbocycles. The number of halogens is 1. The van der Waals surface area contributed by atoms with Crippen LogP contribution in [0.15, 0.2) is 23.2 Å². The molecule has 0 amide bonds. The molecule has 1 aromatic rings. The lowest BCUT2D eigenvalue weighted by atomic mass is 9.84. The lowest BCUT2D eigenvalue weighted by Gasteiger charge is -2.29. The first-order valence-electron chi connectivity index (χ1n) is 8.85. The predicted octanol–water partition coefficient (Wildman–Crippen LogP) is 5.39. The summed E-state index contributed by atoms with van der Waals surface area (Å²) < 4.78 is 0. The molecular weight excluding hydrogens is 306 g/mol. The first kappa shape index (κ1) is 16.7. The monoisotopic (exact) mass is 331 g/mol. The molecule has 3 heteroatoms. The second-order valence-electron chi connectivity index (χ2n) is 7.68. The van der Waals surface area contributed by atoms with E-state index < -0.39 is 0 Å². The van der Waals surface area contributed by atoms with Gasteiger partial charge >= 0.3 is 0 Å². The molecule has 0 aromatic heterocycles. The fourth-order valence-electron chi connectivity index (χ4n) is 3.95. The highest BCUT2D eigenvalue weighted by atomic mass is 35.5. The Morgan fingerprint density at radius 2 is 1.91 bits per heavy atom. The highest BCUT2D eigenvalue weighted by molar-refractivity contribution is 6.31. The average molecular weight is 332 g/mol. The van der Waals surface area contributed by atoms with Crippen LogP contribution >= 0.6 is 11.6 Å². The van der Waals surface area contributed by atoms with Gasteiger partial charge in [-0.1, -0.05) is 43.4 Å². The largest absolute Gasteiger partial charge is 0.299 e. The molecule has 1 heterocycles. The number of benzene rings is 1. The molecule has 0 spiro atoms. The minimum atomic E-state index is -0.139. The maximum Gasteiger partial charge on any atom is 0.141 e. The van der Waals surface area contributed by atoms with Gasteiger partial charge in [0.2, 0.25) is 0 Å². The van der Waals surface area contributed by atoms with E-state index in [1.807, 2.05) is 12.1 Å². The second kappa shape index (κ2) is 6.76. The molecule has 1 aliphatic heterocycles. The molecule has 124 valence electrons. The highest BCUT2D eigenvalue weighted by Gasteiger charge is 2.29. The van der Waals surface area contributed by atoms with Gasteiger partial charge in [0.15, 0.2) is 0 Å². The van der Waals surface area contributed by atoms with Gasteiger partial charge in [-0.25, -0.2) is 0 Å². The second-order valence-corrected chi connectivity index (χ2v) is 8.12. The molecule has 0 atom stereocenters. The van der Waals surface area contributed by atoms with Crippen molar-refractivity contribution >= 4 is 23.1 Å². The van der Waals surface area contributed by atoms with E-state index in [2.05, 4.69) is 19.9 Å². The summed E-state index contributed by atoms with van der Waals surface area (Å²) in [4.78, 5) is 17.7. The third-order valence-electron chi connectivity index (χ3n) is 5.10. The lowest BCUT2D eigenvalue weighted by molar-refractivity contribution is -0.122. The van der Waals surface area contributed by atoms with Crippen molar-refractivity contribution in [3.63, 3.8) is 0 Å². The van der Waals surface area contributed by atoms with Gasteiger partial charge in [0, 0.05) is 22.9 Å². The van der Waals surface area contributed by atoms with Crippen LogP contribution in [0.25, 0.3) is 0 Å². The molecule has 1 aliphatic carbocycles. The van der Waals surface area contributed by atoms with Crippen LogP contribution in [0, 0.1) is 5.92 Å². The zero-order chi connectivity index (χ0) is 16.4. The third-order valence-corrected chi connectivity index (χ3v) is 5.33. The molecule has 2 aliphatic rings. The van der Waals surface area contributed by atoms with Crippen LogP contribution in [0.3, 0.4) is 0 Å². The van der Waals surface area contributed by atoms with Crippen LogP contribution in [0.1, 0.15) is 69.9 Å². The average Bonchev–Trinajstić information content (AvgIpc) is 2.76. The number of ketones is 1. The topological polar surface area (TPSA) is 29.4 Å². The number of hydrogen-bond acceptors (Lipinski definition) is 2. The maximum atomic E-state index is 12.8. The standard InChI is InChI=1S/C20H26ClNO/c1-20(2)13-15-9-10-16(21)11-17(15)18(22-20)12-19(23)14-7-5-3-4-6-8-14/h9-11,14H,3-8,12-13H2,1-2H3. The molecule has 1 fully saturated rings. The van der Waals surface area contributed by atoms with E-state index in [1.54, 1.807) is 0 Å². The Morgan fingerprint density at radius 1 is 1.22 bits per heavy atom. The molecular formula is C20H26ClNO. The molecule has 0 bridgehead atoms. The molecule has 3 rings (SSSR count). The number of Topliss-reactive ketones (excluding diaryl/α,β-unsaturated/α-hetero) is 1. The predicted molar refractivity (Wildman–Crippen MR) is 96.6 cm³/mol. The Hall–Kier alpha value is -1.15. The van der Waals surface area contributed by atoms with Crippen LogP contribution in [0.2, 0.25) is 5.02 Å². The maximum absolute atomic E-state index is 12.8. The number of aliphatic imine (C=N–C) groups is 1. The van der Waals surface area contributed by atoms with E-state index in [0.717, 1.165) is 35.6 Å². The lowest BCUT2D eigenvalue weighted by Crippen LogP contribution is -2.31. The quantitative estimate of drug-likeness (QED) is 0.682. The number of nitrogens with zero attached hydrogens (tertiary/aromatic N) is 1. The highest BCUT2D eigenvalue weighted by Crippen LogP contribution is 2.31. The van der Waals surface area contributed by atoms with Gasteiger partial charge < -0.3 is 0 Å². The molecule has 0 unspecified atom stereocenters. The van der Waals surface area contributed by atoms with Crippen molar-refractivity contribution in [3.8, 4) is 0 Å². The smallest absolute Gasteiger partial charge is 0.141 e. The van der Waals surface area contributed by atoms with Gasteiger partial charge in [-0.15, -0.1) is 0 Å². The van der Waals surface area contributed by atoms with Crippen molar-refractivity contribution in [1.82, 2.24) is 0 Å². The van der Waals surface area contributed by atoms with E-state index >= 15 is 0 Å². The Kier molecular flexibility index (Phi) is 4.91. The summed E-state index contributed by atoms with van der Waals surface area (Å²) in [6, 6.07) is 6.00. The summed E-state index contributed by atoms with van der Waals surface area (Å²) >= 11 is 6.18. The van der Waals surface area contributed by atoms with E-state index in [9.17, 15) is 4.79 Å². The molecule has 0 radical (unpaired) electrons. The van der Waals surface area contributed by atoms with Crippen molar-refractivity contribution in [1.29, 1.82) is 0 Å². The Balaban J connectivity index is 1.84. The van der Waals surface area contributed by atoms with Crippen LogP contribution < -0.4 is 0 Å². The van der Waals surface area contributed by atoms with Gasteiger partial charge in [0.1, 0.15) is 5.78 Å². The summed E-state index contributed by atoms with van der Waals surface area (Å²) in [6.45, 7) is 4.28. The minimum Gasteiger partial charge on any atom is -0.299 e. The van der Waals surface area contributed by atoms with Gasteiger partial charge in [-0.3, -0.25) is 9.79 Å². The third kappa shape index (κ3) is 4.03. The number of fused-ring (bicyclic) bond motifs is 1. The molecule has 23 heavy (non-hydrogen) atoms. The van der Waals surface area contributed by atoms with Gasteiger partial charge in [-0.2, -0.15) is 0 Å². The summed E-state index contributed by atoms with van der Waals surface area (Å²) in [5.41, 5.74) is 3.14. The van der Waals surface area contributed by atoms with Crippen LogP contribution in [0.4, 0.5) is 0 Å². The van der Waals surface area contributed by atoms with Crippen molar-refractivity contribution in [2.75, 3.05) is 0 Å². The van der Waals surface area contributed by atoms with Crippen LogP contribution in [-0.2, 0) is 11.2 Å². The molecule has 1 saturated carbocycles. The van der Waals surface area contributed by atoms with E-state index in [1.165, 1.54) is 31.2 Å². The van der Waals surface area contributed by atoms with E-state index in [4.69, 9.17) is 16.6 Å². The summed E-state index contributed by atoms with van der Waals surface area (Å²) in [7, 11) is 0. The summed E-state index contributed by atoms with van der Waals surface area (Å²) in [5, 5.41) is 0.720. The fourth-order valence-corrected chi connectivity index (χ4v) is 4.12. The first-order valence-corrected chi connectivity index (χ1v) is 9.23. The Morgan fingerprint density at radius 3 is 2.61 bits per heavy atom. The van der Waals surface area contributed by atoms with Crippen molar-refractivity contribution in [2.45, 2.75) is 70.8 Å². The van der Waals surface area contributed by atoms with Gasteiger partial charge in [0.05, 0.1) is 11.3 Å². The van der Waals surface area contributed by atoms with Gasteiger partial charge in [0.25, 0.3) is 0 Å². The minimum absolute atomic E-state index is 0.139. The van der Waals surface area contributed by atoms with Crippen molar-refractivity contribution in [3.05, 3.63) is 34.3 Å².